The van der Waals surface area contributed by atoms with E-state index in [1.54, 1.807) is 0 Å². The maximum Gasteiger partial charge on any atom is 0.244 e. The van der Waals surface area contributed by atoms with E-state index >= 15 is 0 Å². The zero-order valence-electron chi connectivity index (χ0n) is 14.8. The van der Waals surface area contributed by atoms with Crippen molar-refractivity contribution >= 4 is 11.9 Å². The molecule has 0 aliphatic carbocycles. The summed E-state index contributed by atoms with van der Waals surface area (Å²) in [5, 5.41) is 6.61. The van der Waals surface area contributed by atoms with E-state index < -0.39 is 0 Å². The molecule has 2 aliphatic rings. The third-order valence-electron chi connectivity index (χ3n) is 4.86. The second-order valence-electron chi connectivity index (χ2n) is 6.75. The third-order valence-corrected chi connectivity index (χ3v) is 4.86. The van der Waals surface area contributed by atoms with Crippen LogP contribution in [0.5, 0.6) is 0 Å². The van der Waals surface area contributed by atoms with Gasteiger partial charge in [-0.05, 0) is 65.1 Å². The van der Waals surface area contributed by atoms with Crippen LogP contribution in [-0.2, 0) is 4.79 Å². The monoisotopic (exact) mass is 323 g/mol. The number of hydrogen-bond acceptors (Lipinski definition) is 3. The number of nitrogens with one attached hydrogen (secondary N) is 2. The topological polar surface area (TPSA) is 60.0 Å². The fourth-order valence-electron chi connectivity index (χ4n) is 3.30. The van der Waals surface area contributed by atoms with Gasteiger partial charge in [-0.15, -0.1) is 0 Å². The maximum atomic E-state index is 12.1. The first-order valence-electron chi connectivity index (χ1n) is 9.17. The van der Waals surface area contributed by atoms with E-state index in [0.717, 1.165) is 50.9 Å². The highest BCUT2D eigenvalue weighted by atomic mass is 16.2. The van der Waals surface area contributed by atoms with Crippen LogP contribution < -0.4 is 10.6 Å². The Labute approximate surface area is 140 Å². The van der Waals surface area contributed by atoms with Gasteiger partial charge in [0, 0.05) is 26.2 Å². The van der Waals surface area contributed by atoms with Crippen molar-refractivity contribution in [1.29, 1.82) is 0 Å². The standard InChI is InChI=1S/C17H33N5O/c1-3-18-17(20-14-16(23)22-10-4-5-11-22)19-9-6-15-7-12-21(2)13-8-15/h15H,3-14H2,1-2H3,(H2,18,19,20). The summed E-state index contributed by atoms with van der Waals surface area (Å²) in [4.78, 5) is 20.8. The first-order valence-corrected chi connectivity index (χ1v) is 9.17. The molecule has 6 nitrogen and oxygen atoms in total. The number of amides is 1. The van der Waals surface area contributed by atoms with Gasteiger partial charge in [-0.3, -0.25) is 4.79 Å². The molecule has 2 aliphatic heterocycles. The lowest BCUT2D eigenvalue weighted by Gasteiger charge is -2.29. The number of carbonyl (C=O) groups excluding carboxylic acids is 1. The molecule has 0 saturated carbocycles. The second-order valence-corrected chi connectivity index (χ2v) is 6.75. The van der Waals surface area contributed by atoms with Gasteiger partial charge < -0.3 is 20.4 Å². The molecule has 2 heterocycles. The number of nitrogens with zero attached hydrogens (tertiary/aromatic N) is 3. The third kappa shape index (κ3) is 6.37. The molecule has 0 aromatic heterocycles. The molecular weight excluding hydrogens is 290 g/mol. The molecule has 6 heteroatoms. The number of likely N-dealkylation sites (tertiary alicyclic amines) is 2. The van der Waals surface area contributed by atoms with Crippen LogP contribution in [0.4, 0.5) is 0 Å². The van der Waals surface area contributed by atoms with Gasteiger partial charge in [0.25, 0.3) is 0 Å². The Kier molecular flexibility index (Phi) is 7.65. The van der Waals surface area contributed by atoms with Crippen LogP contribution in [-0.4, -0.2) is 74.5 Å². The molecule has 2 saturated heterocycles. The summed E-state index contributed by atoms with van der Waals surface area (Å²) in [5.41, 5.74) is 0. The molecule has 0 bridgehead atoms. The van der Waals surface area contributed by atoms with Crippen molar-refractivity contribution in [3.63, 3.8) is 0 Å². The van der Waals surface area contributed by atoms with Gasteiger partial charge >= 0.3 is 0 Å². The highest BCUT2D eigenvalue weighted by Crippen LogP contribution is 2.18. The summed E-state index contributed by atoms with van der Waals surface area (Å²) in [7, 11) is 2.20. The smallest absolute Gasteiger partial charge is 0.244 e. The van der Waals surface area contributed by atoms with E-state index in [2.05, 4.69) is 34.5 Å². The number of aliphatic imine (C=N–C) groups is 1. The number of guanidine groups is 1. The molecule has 0 radical (unpaired) electrons. The zero-order valence-corrected chi connectivity index (χ0v) is 14.8. The average Bonchev–Trinajstić information content (AvgIpc) is 3.08. The first-order chi connectivity index (χ1) is 11.2. The molecule has 2 rings (SSSR count). The summed E-state index contributed by atoms with van der Waals surface area (Å²) < 4.78 is 0. The molecule has 1 amide bonds. The Balaban J connectivity index is 1.69. The maximum absolute atomic E-state index is 12.1. The number of hydrogen-bond donors (Lipinski definition) is 2. The Morgan fingerprint density at radius 2 is 1.83 bits per heavy atom. The molecule has 0 aromatic rings. The predicted molar refractivity (Wildman–Crippen MR) is 94.6 cm³/mol. The lowest BCUT2D eigenvalue weighted by Crippen LogP contribution is -2.40. The highest BCUT2D eigenvalue weighted by Gasteiger charge is 2.18. The largest absolute Gasteiger partial charge is 0.357 e. The molecular formula is C17H33N5O. The molecule has 0 spiro atoms. The molecule has 2 N–H and O–H groups in total. The van der Waals surface area contributed by atoms with Crippen molar-refractivity contribution in [3.8, 4) is 0 Å². The Morgan fingerprint density at radius 1 is 1.13 bits per heavy atom. The lowest BCUT2D eigenvalue weighted by molar-refractivity contribution is -0.128. The molecule has 0 unspecified atom stereocenters. The van der Waals surface area contributed by atoms with Gasteiger partial charge in [0.1, 0.15) is 6.54 Å². The van der Waals surface area contributed by atoms with E-state index in [1.165, 1.54) is 32.4 Å². The molecule has 0 aromatic carbocycles. The molecule has 23 heavy (non-hydrogen) atoms. The number of piperidine rings is 1. The van der Waals surface area contributed by atoms with Crippen molar-refractivity contribution < 1.29 is 4.79 Å². The Bertz CT molecular complexity index is 384. The number of rotatable bonds is 6. The van der Waals surface area contributed by atoms with Gasteiger partial charge in [-0.2, -0.15) is 0 Å². The van der Waals surface area contributed by atoms with Gasteiger partial charge in [0.2, 0.25) is 5.91 Å². The first kappa shape index (κ1) is 18.0. The molecule has 132 valence electrons. The van der Waals surface area contributed by atoms with Crippen molar-refractivity contribution in [2.75, 3.05) is 52.9 Å². The fraction of sp³-hybridized carbons (Fsp3) is 0.882. The number of carbonyl (C=O) groups is 1. The van der Waals surface area contributed by atoms with Crippen LogP contribution >= 0.6 is 0 Å². The lowest BCUT2D eigenvalue weighted by atomic mass is 9.94. The van der Waals surface area contributed by atoms with Crippen molar-refractivity contribution in [2.24, 2.45) is 10.9 Å². The predicted octanol–water partition coefficient (Wildman–Crippen LogP) is 0.896. The molecule has 0 atom stereocenters. The van der Waals surface area contributed by atoms with Crippen LogP contribution in [0.3, 0.4) is 0 Å². The van der Waals surface area contributed by atoms with E-state index in [4.69, 9.17) is 0 Å². The van der Waals surface area contributed by atoms with Crippen molar-refractivity contribution in [2.45, 2.75) is 39.0 Å². The molecule has 2 fully saturated rings. The van der Waals surface area contributed by atoms with Crippen LogP contribution in [0.2, 0.25) is 0 Å². The summed E-state index contributed by atoms with van der Waals surface area (Å²) in [6.45, 7) is 8.27. The summed E-state index contributed by atoms with van der Waals surface area (Å²) >= 11 is 0. The van der Waals surface area contributed by atoms with Gasteiger partial charge in [0.05, 0.1) is 0 Å². The summed E-state index contributed by atoms with van der Waals surface area (Å²) in [6, 6.07) is 0. The zero-order chi connectivity index (χ0) is 16.5. The normalized spacial score (nSPS) is 20.8. The van der Waals surface area contributed by atoms with Crippen LogP contribution in [0, 0.1) is 5.92 Å². The van der Waals surface area contributed by atoms with E-state index in [1.807, 2.05) is 4.90 Å². The second kappa shape index (κ2) is 9.75. The van der Waals surface area contributed by atoms with Gasteiger partial charge in [-0.1, -0.05) is 0 Å². The minimum Gasteiger partial charge on any atom is -0.357 e. The van der Waals surface area contributed by atoms with Crippen LogP contribution in [0.1, 0.15) is 39.0 Å². The summed E-state index contributed by atoms with van der Waals surface area (Å²) in [6.07, 6.45) is 6.02. The minimum absolute atomic E-state index is 0.148. The van der Waals surface area contributed by atoms with Crippen LogP contribution in [0.15, 0.2) is 4.99 Å². The highest BCUT2D eigenvalue weighted by molar-refractivity contribution is 5.85. The van der Waals surface area contributed by atoms with Crippen molar-refractivity contribution in [3.05, 3.63) is 0 Å². The van der Waals surface area contributed by atoms with Crippen LogP contribution in [0.25, 0.3) is 0 Å². The minimum atomic E-state index is 0.148. The SMILES string of the molecule is CCNC(=NCC(=O)N1CCCC1)NCCC1CCN(C)CC1. The Hall–Kier alpha value is -1.30. The van der Waals surface area contributed by atoms with Gasteiger partial charge in [-0.25, -0.2) is 4.99 Å². The average molecular weight is 323 g/mol. The van der Waals surface area contributed by atoms with E-state index in [-0.39, 0.29) is 12.5 Å². The van der Waals surface area contributed by atoms with E-state index in [0.29, 0.717) is 0 Å². The van der Waals surface area contributed by atoms with Crippen molar-refractivity contribution in [1.82, 2.24) is 20.4 Å². The van der Waals surface area contributed by atoms with Gasteiger partial charge in [0.15, 0.2) is 5.96 Å². The quantitative estimate of drug-likeness (QED) is 0.563. The summed E-state index contributed by atoms with van der Waals surface area (Å²) in [5.74, 6) is 1.73. The van der Waals surface area contributed by atoms with E-state index in [9.17, 15) is 4.79 Å². The fourth-order valence-corrected chi connectivity index (χ4v) is 3.30. The Morgan fingerprint density at radius 3 is 2.48 bits per heavy atom.